The number of carboxylic acid groups (broad SMARTS) is 1. The Bertz CT molecular complexity index is 1790. The van der Waals surface area contributed by atoms with Crippen LogP contribution in [0.4, 0.5) is 0 Å². The third kappa shape index (κ3) is 5.06. The summed E-state index contributed by atoms with van der Waals surface area (Å²) in [7, 11) is 0. The highest BCUT2D eigenvalue weighted by Crippen LogP contribution is 2.44. The number of hydrogen-bond donors (Lipinski definition) is 2. The number of para-hydroxylation sites is 1. The molecular formula is C38H32N2O4. The van der Waals surface area contributed by atoms with Gasteiger partial charge in [0.15, 0.2) is 0 Å². The van der Waals surface area contributed by atoms with Crippen molar-refractivity contribution in [3.63, 3.8) is 0 Å². The van der Waals surface area contributed by atoms with Crippen molar-refractivity contribution in [3.8, 4) is 0 Å². The van der Waals surface area contributed by atoms with Crippen LogP contribution >= 0.6 is 0 Å². The molecule has 6 rings (SSSR count). The quantitative estimate of drug-likeness (QED) is 0.109. The lowest BCUT2D eigenvalue weighted by molar-refractivity contribution is -0.161. The molecule has 0 aliphatic heterocycles. The topological polar surface area (TPSA) is 94.5 Å². The number of nitrogens with two attached hydrogens (primary N) is 1. The van der Waals surface area contributed by atoms with Gasteiger partial charge in [-0.05, 0) is 33.9 Å². The van der Waals surface area contributed by atoms with Crippen molar-refractivity contribution >= 4 is 22.8 Å². The number of carbonyl (C=O) groups excluding carboxylic acids is 1. The fourth-order valence-corrected chi connectivity index (χ4v) is 6.01. The molecule has 0 saturated heterocycles. The number of benzene rings is 5. The van der Waals surface area contributed by atoms with Crippen molar-refractivity contribution in [2.24, 2.45) is 5.73 Å². The second-order valence-corrected chi connectivity index (χ2v) is 10.9. The summed E-state index contributed by atoms with van der Waals surface area (Å²) in [5.41, 5.74) is 8.57. The van der Waals surface area contributed by atoms with Crippen LogP contribution in [0, 0.1) is 0 Å². The van der Waals surface area contributed by atoms with Crippen molar-refractivity contribution in [1.29, 1.82) is 0 Å². The molecule has 0 fully saturated rings. The predicted molar refractivity (Wildman–Crippen MR) is 171 cm³/mol. The summed E-state index contributed by atoms with van der Waals surface area (Å²) in [6, 6.07) is 47.5. The molecule has 0 amide bonds. The number of ether oxygens (including phenoxy) is 1. The van der Waals surface area contributed by atoms with E-state index in [9.17, 15) is 14.7 Å². The zero-order valence-electron chi connectivity index (χ0n) is 24.0. The number of fused-ring (bicyclic) bond motifs is 1. The van der Waals surface area contributed by atoms with Crippen LogP contribution in [0.15, 0.2) is 152 Å². The summed E-state index contributed by atoms with van der Waals surface area (Å²) >= 11 is 0. The SMILES string of the molecule is N[C@@](Cc1cn(C(c2ccccc2)(c2ccccc2)c2ccccc2)c2ccccc12)(C(=O)O)C(=O)OCc1ccccc1. The maximum atomic E-state index is 13.4. The summed E-state index contributed by atoms with van der Waals surface area (Å²) in [6.07, 6.45) is 1.67. The minimum Gasteiger partial charge on any atom is -0.479 e. The molecule has 6 aromatic rings. The molecule has 0 bridgehead atoms. The number of aromatic nitrogens is 1. The molecule has 0 spiro atoms. The second kappa shape index (κ2) is 12.0. The van der Waals surface area contributed by atoms with E-state index in [2.05, 4.69) is 41.0 Å². The molecule has 44 heavy (non-hydrogen) atoms. The largest absolute Gasteiger partial charge is 0.479 e. The molecule has 0 unspecified atom stereocenters. The van der Waals surface area contributed by atoms with Crippen LogP contribution in [0.1, 0.15) is 27.8 Å². The van der Waals surface area contributed by atoms with E-state index in [1.165, 1.54) is 0 Å². The summed E-state index contributed by atoms with van der Waals surface area (Å²) in [5.74, 6) is -2.45. The Morgan fingerprint density at radius 2 is 1.11 bits per heavy atom. The monoisotopic (exact) mass is 580 g/mol. The van der Waals surface area contributed by atoms with E-state index in [0.29, 0.717) is 5.56 Å². The first kappa shape index (κ1) is 28.6. The smallest absolute Gasteiger partial charge is 0.338 e. The summed E-state index contributed by atoms with van der Waals surface area (Å²) in [5, 5.41) is 11.1. The molecule has 0 saturated carbocycles. The Hall–Kier alpha value is -5.46. The molecule has 3 N–H and O–H groups in total. The van der Waals surface area contributed by atoms with E-state index in [-0.39, 0.29) is 13.0 Å². The first-order chi connectivity index (χ1) is 21.4. The number of hydrogen-bond acceptors (Lipinski definition) is 4. The van der Waals surface area contributed by atoms with Crippen LogP contribution in [-0.4, -0.2) is 27.2 Å². The van der Waals surface area contributed by atoms with E-state index < -0.39 is 23.0 Å². The van der Waals surface area contributed by atoms with Crippen LogP contribution < -0.4 is 5.73 Å². The molecule has 0 radical (unpaired) electrons. The van der Waals surface area contributed by atoms with E-state index in [0.717, 1.165) is 33.2 Å². The molecule has 5 aromatic carbocycles. The van der Waals surface area contributed by atoms with Gasteiger partial charge in [0.25, 0.3) is 0 Å². The van der Waals surface area contributed by atoms with Gasteiger partial charge in [-0.15, -0.1) is 0 Å². The Kier molecular flexibility index (Phi) is 7.84. The molecule has 1 aromatic heterocycles. The normalized spacial score (nSPS) is 12.8. The number of aliphatic carboxylic acids is 1. The van der Waals surface area contributed by atoms with Gasteiger partial charge in [0.05, 0.1) is 0 Å². The van der Waals surface area contributed by atoms with Crippen molar-refractivity contribution < 1.29 is 19.4 Å². The number of carbonyl (C=O) groups is 2. The molecular weight excluding hydrogens is 548 g/mol. The van der Waals surface area contributed by atoms with Crippen LogP contribution in [0.5, 0.6) is 0 Å². The number of rotatable bonds is 10. The maximum absolute atomic E-state index is 13.4. The Labute approximate surface area is 256 Å². The van der Waals surface area contributed by atoms with Gasteiger partial charge in [-0.3, -0.25) is 0 Å². The fourth-order valence-electron chi connectivity index (χ4n) is 6.01. The van der Waals surface area contributed by atoms with Gasteiger partial charge in [-0.2, -0.15) is 0 Å². The Morgan fingerprint density at radius 3 is 1.61 bits per heavy atom. The second-order valence-electron chi connectivity index (χ2n) is 10.9. The van der Waals surface area contributed by atoms with Gasteiger partial charge in [0.1, 0.15) is 12.1 Å². The van der Waals surface area contributed by atoms with Crippen molar-refractivity contribution in [2.45, 2.75) is 24.1 Å². The first-order valence-electron chi connectivity index (χ1n) is 14.4. The number of carboxylic acids is 1. The third-order valence-corrected chi connectivity index (χ3v) is 8.16. The lowest BCUT2D eigenvalue weighted by Gasteiger charge is -2.38. The average Bonchev–Trinajstić information content (AvgIpc) is 3.44. The summed E-state index contributed by atoms with van der Waals surface area (Å²) < 4.78 is 7.65. The lowest BCUT2D eigenvalue weighted by Crippen LogP contribution is -2.57. The van der Waals surface area contributed by atoms with Gasteiger partial charge in [-0.1, -0.05) is 140 Å². The minimum absolute atomic E-state index is 0.0766. The highest BCUT2D eigenvalue weighted by Gasteiger charge is 2.46. The zero-order valence-corrected chi connectivity index (χ0v) is 24.0. The lowest BCUT2D eigenvalue weighted by atomic mass is 9.76. The minimum atomic E-state index is -2.31. The fraction of sp³-hybridized carbons (Fsp3) is 0.105. The van der Waals surface area contributed by atoms with Crippen LogP contribution in [0.2, 0.25) is 0 Å². The molecule has 0 aliphatic rings. The number of esters is 1. The molecule has 1 atom stereocenters. The van der Waals surface area contributed by atoms with Gasteiger partial charge < -0.3 is 20.1 Å². The van der Waals surface area contributed by atoms with E-state index in [4.69, 9.17) is 10.5 Å². The molecule has 6 nitrogen and oxygen atoms in total. The van der Waals surface area contributed by atoms with Gasteiger partial charge in [-0.25, -0.2) is 9.59 Å². The van der Waals surface area contributed by atoms with E-state index in [1.54, 1.807) is 12.1 Å². The molecule has 1 heterocycles. The first-order valence-corrected chi connectivity index (χ1v) is 14.4. The van der Waals surface area contributed by atoms with Crippen LogP contribution in [-0.2, 0) is 32.9 Å². The molecule has 6 heteroatoms. The summed E-state index contributed by atoms with van der Waals surface area (Å²) in [4.78, 5) is 26.0. The Balaban J connectivity index is 1.54. The van der Waals surface area contributed by atoms with Crippen LogP contribution in [0.25, 0.3) is 10.9 Å². The predicted octanol–water partition coefficient (Wildman–Crippen LogP) is 6.55. The van der Waals surface area contributed by atoms with Crippen molar-refractivity contribution in [1.82, 2.24) is 4.57 Å². The Morgan fingerprint density at radius 1 is 0.659 bits per heavy atom. The van der Waals surface area contributed by atoms with E-state index >= 15 is 0 Å². The van der Waals surface area contributed by atoms with E-state index in [1.807, 2.05) is 103 Å². The third-order valence-electron chi connectivity index (χ3n) is 8.16. The van der Waals surface area contributed by atoms with Gasteiger partial charge in [0, 0.05) is 23.5 Å². The molecule has 0 aliphatic carbocycles. The summed E-state index contributed by atoms with van der Waals surface area (Å²) in [6.45, 7) is -0.0766. The standard InChI is InChI=1S/C38H32N2O4/c39-37(35(41)42,36(43)44-27-28-15-5-1-6-16-28)25-29-26-40(34-24-14-13-23-33(29)34)38(30-17-7-2-8-18-30,31-19-9-3-10-20-31)32-21-11-4-12-22-32/h1-24,26H,25,27,39H2,(H,41,42)/t37-/m0/s1. The van der Waals surface area contributed by atoms with Crippen molar-refractivity contribution in [2.75, 3.05) is 0 Å². The van der Waals surface area contributed by atoms with Crippen molar-refractivity contribution in [3.05, 3.63) is 180 Å². The maximum Gasteiger partial charge on any atom is 0.338 e. The highest BCUT2D eigenvalue weighted by atomic mass is 16.5. The number of nitrogens with zero attached hydrogens (tertiary/aromatic N) is 1. The van der Waals surface area contributed by atoms with Gasteiger partial charge >= 0.3 is 11.9 Å². The molecule has 218 valence electrons. The highest BCUT2D eigenvalue weighted by molar-refractivity contribution is 6.04. The zero-order chi connectivity index (χ0) is 30.6. The average molecular weight is 581 g/mol. The van der Waals surface area contributed by atoms with Gasteiger partial charge in [0.2, 0.25) is 5.54 Å². The van der Waals surface area contributed by atoms with Crippen LogP contribution in [0.3, 0.4) is 0 Å².